The number of rotatable bonds is 4. The topological polar surface area (TPSA) is 72.5 Å². The van der Waals surface area contributed by atoms with Gasteiger partial charge in [0.25, 0.3) is 5.56 Å². The molecule has 1 aromatic carbocycles. The lowest BCUT2D eigenvalue weighted by Crippen LogP contribution is -2.37. The first-order valence-corrected chi connectivity index (χ1v) is 12.6. The molecule has 0 saturated carbocycles. The maximum Gasteiger partial charge on any atom is 0.268 e. The van der Waals surface area contributed by atoms with E-state index in [4.69, 9.17) is 10.1 Å². The first-order valence-electron chi connectivity index (χ1n) is 11.8. The average molecular weight is 476 g/mol. The summed E-state index contributed by atoms with van der Waals surface area (Å²) >= 11 is 1.40. The Balaban J connectivity index is 1.57. The highest BCUT2D eigenvalue weighted by atomic mass is 32.1. The number of piperidine rings is 1. The molecule has 0 radical (unpaired) electrons. The van der Waals surface area contributed by atoms with Crippen molar-refractivity contribution in [2.24, 2.45) is 0 Å². The summed E-state index contributed by atoms with van der Waals surface area (Å²) in [5.41, 5.74) is 6.53. The molecule has 8 heteroatoms. The van der Waals surface area contributed by atoms with Crippen LogP contribution in [0, 0.1) is 27.7 Å². The summed E-state index contributed by atoms with van der Waals surface area (Å²) in [6, 6.07) is 8.07. The second-order valence-corrected chi connectivity index (χ2v) is 9.98. The van der Waals surface area contributed by atoms with Crippen molar-refractivity contribution in [3.63, 3.8) is 0 Å². The molecule has 5 rings (SSSR count). The molecule has 1 aliphatic heterocycles. The van der Waals surface area contributed by atoms with E-state index < -0.39 is 0 Å². The maximum atomic E-state index is 13.7. The van der Waals surface area contributed by atoms with Crippen molar-refractivity contribution in [2.45, 2.75) is 53.4 Å². The number of hydrogen-bond acceptors (Lipinski definition) is 5. The van der Waals surface area contributed by atoms with Gasteiger partial charge in [-0.15, -0.1) is 11.3 Å². The Morgan fingerprint density at radius 2 is 1.85 bits per heavy atom. The van der Waals surface area contributed by atoms with E-state index >= 15 is 0 Å². The van der Waals surface area contributed by atoms with Crippen molar-refractivity contribution in [1.29, 1.82) is 0 Å². The third-order valence-electron chi connectivity index (χ3n) is 6.81. The van der Waals surface area contributed by atoms with Crippen molar-refractivity contribution in [3.05, 3.63) is 68.2 Å². The second-order valence-electron chi connectivity index (χ2n) is 9.14. The summed E-state index contributed by atoms with van der Waals surface area (Å²) in [6.07, 6.45) is 3.47. The Labute approximate surface area is 202 Å². The van der Waals surface area contributed by atoms with Gasteiger partial charge < -0.3 is 4.90 Å². The number of aryl methyl sites for hydroxylation is 3. The van der Waals surface area contributed by atoms with E-state index in [0.29, 0.717) is 27.6 Å². The van der Waals surface area contributed by atoms with Gasteiger partial charge >= 0.3 is 0 Å². The van der Waals surface area contributed by atoms with Gasteiger partial charge in [0.2, 0.25) is 5.91 Å². The Kier molecular flexibility index (Phi) is 5.85. The molecule has 1 aliphatic rings. The highest BCUT2D eigenvalue weighted by Crippen LogP contribution is 2.25. The minimum atomic E-state index is -0.171. The van der Waals surface area contributed by atoms with Crippen LogP contribution < -0.4 is 5.56 Å². The molecule has 0 bridgehead atoms. The number of aromatic nitrogens is 4. The molecular weight excluding hydrogens is 446 g/mol. The van der Waals surface area contributed by atoms with Gasteiger partial charge in [-0.05, 0) is 70.2 Å². The quantitative estimate of drug-likeness (QED) is 0.439. The third-order valence-corrected chi connectivity index (χ3v) is 7.68. The molecule has 3 aromatic heterocycles. The number of hydrogen-bond donors (Lipinski definition) is 0. The molecule has 4 heterocycles. The maximum absolute atomic E-state index is 13.7. The van der Waals surface area contributed by atoms with Crippen molar-refractivity contribution >= 4 is 22.2 Å². The van der Waals surface area contributed by atoms with Crippen LogP contribution in [0.25, 0.3) is 21.9 Å². The lowest BCUT2D eigenvalue weighted by molar-refractivity contribution is -0.131. The van der Waals surface area contributed by atoms with Gasteiger partial charge in [-0.2, -0.15) is 5.10 Å². The summed E-state index contributed by atoms with van der Waals surface area (Å²) in [7, 11) is 0. The third kappa shape index (κ3) is 3.86. The van der Waals surface area contributed by atoms with Crippen LogP contribution in [0.4, 0.5) is 0 Å². The van der Waals surface area contributed by atoms with Gasteiger partial charge in [0.15, 0.2) is 4.96 Å². The summed E-state index contributed by atoms with van der Waals surface area (Å²) < 4.78 is 3.49. The zero-order chi connectivity index (χ0) is 24.0. The average Bonchev–Trinajstić information content (AvgIpc) is 3.39. The number of thiazole rings is 1. The lowest BCUT2D eigenvalue weighted by Gasteiger charge is -2.26. The van der Waals surface area contributed by atoms with E-state index in [0.717, 1.165) is 42.9 Å². The molecule has 4 aromatic rings. The van der Waals surface area contributed by atoms with Gasteiger partial charge in [0.1, 0.15) is 5.69 Å². The molecule has 0 N–H and O–H groups in total. The number of carbonyl (C=O) groups is 1. The smallest absolute Gasteiger partial charge is 0.268 e. The van der Waals surface area contributed by atoms with E-state index in [1.807, 2.05) is 47.0 Å². The fourth-order valence-corrected chi connectivity index (χ4v) is 5.67. The molecule has 1 saturated heterocycles. The fraction of sp³-hybridized carbons (Fsp3) is 0.385. The molecule has 0 unspecified atom stereocenters. The Morgan fingerprint density at radius 3 is 2.62 bits per heavy atom. The second kappa shape index (κ2) is 8.83. The normalized spacial score (nSPS) is 14.2. The predicted molar refractivity (Wildman–Crippen MR) is 135 cm³/mol. The number of benzene rings is 1. The van der Waals surface area contributed by atoms with Gasteiger partial charge in [0.05, 0.1) is 23.4 Å². The van der Waals surface area contributed by atoms with E-state index in [1.54, 1.807) is 4.40 Å². The van der Waals surface area contributed by atoms with Crippen molar-refractivity contribution < 1.29 is 4.79 Å². The van der Waals surface area contributed by atoms with E-state index in [2.05, 4.69) is 19.9 Å². The van der Waals surface area contributed by atoms with Gasteiger partial charge in [-0.1, -0.05) is 12.1 Å². The predicted octanol–water partition coefficient (Wildman–Crippen LogP) is 4.40. The molecule has 1 fully saturated rings. The summed E-state index contributed by atoms with van der Waals surface area (Å²) in [5.74, 6) is 0.0727. The molecule has 1 amide bonds. The van der Waals surface area contributed by atoms with Crippen LogP contribution in [0.3, 0.4) is 0 Å². The Hall–Kier alpha value is -3.26. The zero-order valence-corrected chi connectivity index (χ0v) is 20.9. The first-order chi connectivity index (χ1) is 16.3. The lowest BCUT2D eigenvalue weighted by atomic mass is 10.1. The Bertz CT molecular complexity index is 1460. The van der Waals surface area contributed by atoms with Crippen LogP contribution in [0.15, 0.2) is 34.4 Å². The molecule has 0 spiro atoms. The highest BCUT2D eigenvalue weighted by Gasteiger charge is 2.22. The van der Waals surface area contributed by atoms with E-state index in [-0.39, 0.29) is 17.9 Å². The number of likely N-dealkylation sites (tertiary alicyclic amines) is 1. The number of fused-ring (bicyclic) bond motifs is 1. The van der Waals surface area contributed by atoms with Crippen LogP contribution in [0.5, 0.6) is 0 Å². The van der Waals surface area contributed by atoms with Gasteiger partial charge in [-0.25, -0.2) is 9.67 Å². The summed E-state index contributed by atoms with van der Waals surface area (Å²) in [4.78, 5) is 33.8. The standard InChI is InChI=1S/C26H29N5O2S/c1-16-9-8-10-22(18(16)3)31-17(2)13-21(28-31)24-19(4)27-26-30(25(24)33)20(15-34-26)14-23(32)29-11-6-5-7-12-29/h8-10,13,15H,5-7,11-12,14H2,1-4H3. The van der Waals surface area contributed by atoms with Crippen LogP contribution >= 0.6 is 11.3 Å². The number of amides is 1. The van der Waals surface area contributed by atoms with Crippen molar-refractivity contribution in [1.82, 2.24) is 24.1 Å². The number of carbonyl (C=O) groups excluding carboxylic acids is 1. The molecule has 7 nitrogen and oxygen atoms in total. The van der Waals surface area contributed by atoms with Crippen LogP contribution in [0.1, 0.15) is 47.5 Å². The highest BCUT2D eigenvalue weighted by molar-refractivity contribution is 7.15. The Morgan fingerprint density at radius 1 is 1.09 bits per heavy atom. The summed E-state index contributed by atoms with van der Waals surface area (Å²) in [6.45, 7) is 9.60. The summed E-state index contributed by atoms with van der Waals surface area (Å²) in [5, 5.41) is 6.70. The van der Waals surface area contributed by atoms with Crippen LogP contribution in [-0.2, 0) is 11.2 Å². The fourth-order valence-electron chi connectivity index (χ4n) is 4.74. The number of nitrogens with zero attached hydrogens (tertiary/aromatic N) is 5. The molecule has 0 aliphatic carbocycles. The molecular formula is C26H29N5O2S. The monoisotopic (exact) mass is 475 g/mol. The minimum Gasteiger partial charge on any atom is -0.342 e. The van der Waals surface area contributed by atoms with Crippen molar-refractivity contribution in [3.8, 4) is 16.9 Å². The van der Waals surface area contributed by atoms with E-state index in [9.17, 15) is 9.59 Å². The van der Waals surface area contributed by atoms with Crippen LogP contribution in [-0.4, -0.2) is 43.1 Å². The van der Waals surface area contributed by atoms with Gasteiger partial charge in [0, 0.05) is 29.9 Å². The minimum absolute atomic E-state index is 0.0727. The van der Waals surface area contributed by atoms with Crippen molar-refractivity contribution in [2.75, 3.05) is 13.1 Å². The van der Waals surface area contributed by atoms with Crippen LogP contribution in [0.2, 0.25) is 0 Å². The molecule has 176 valence electrons. The van der Waals surface area contributed by atoms with E-state index in [1.165, 1.54) is 23.3 Å². The SMILES string of the molecule is Cc1cccc(-n2nc(-c3c(C)nc4scc(CC(=O)N5CCCCC5)n4c3=O)cc2C)c1C. The zero-order valence-electron chi connectivity index (χ0n) is 20.1. The van der Waals surface area contributed by atoms with Gasteiger partial charge in [-0.3, -0.25) is 14.0 Å². The molecule has 34 heavy (non-hydrogen) atoms. The first kappa shape index (κ1) is 22.5. The molecule has 0 atom stereocenters. The largest absolute Gasteiger partial charge is 0.342 e.